The molecule has 3 aromatic rings. The van der Waals surface area contributed by atoms with E-state index < -0.39 is 48.8 Å². The molecule has 0 aliphatic rings. The molecule has 0 aliphatic heterocycles. The van der Waals surface area contributed by atoms with Crippen molar-refractivity contribution in [2.75, 3.05) is 12.1 Å². The van der Waals surface area contributed by atoms with Crippen molar-refractivity contribution in [3.05, 3.63) is 84.2 Å². The number of carbonyl (C=O) groups is 4. The molecule has 0 saturated carbocycles. The van der Waals surface area contributed by atoms with Gasteiger partial charge in [-0.05, 0) is 37.6 Å². The van der Waals surface area contributed by atoms with Crippen molar-refractivity contribution in [2.24, 2.45) is 5.92 Å². The minimum absolute atomic E-state index is 0.119. The molecule has 2 N–H and O–H groups in total. The van der Waals surface area contributed by atoms with Crippen LogP contribution in [0.1, 0.15) is 49.9 Å². The van der Waals surface area contributed by atoms with Crippen LogP contribution in [0.25, 0.3) is 0 Å². The highest BCUT2D eigenvalue weighted by Crippen LogP contribution is 2.28. The first kappa shape index (κ1) is 30.6. The Kier molecular flexibility index (Phi) is 11.2. The molecule has 1 heterocycles. The third kappa shape index (κ3) is 8.79. The maximum Gasteiger partial charge on any atom is 0.328 e. The molecule has 11 heteroatoms. The molecule has 216 valence electrons. The van der Waals surface area contributed by atoms with Crippen LogP contribution in [-0.4, -0.2) is 48.2 Å². The topological polar surface area (TPSA) is 142 Å². The second-order valence-electron chi connectivity index (χ2n) is 9.28. The predicted molar refractivity (Wildman–Crippen MR) is 149 cm³/mol. The Bertz CT molecular complexity index is 1320. The molecular weight excluding hydrogens is 530 g/mol. The number of carbonyl (C=O) groups excluding carboxylic acids is 4. The molecule has 1 aromatic heterocycles. The lowest BCUT2D eigenvalue weighted by molar-refractivity contribution is -0.155. The third-order valence-corrected chi connectivity index (χ3v) is 5.77. The monoisotopic (exact) mass is 563 g/mol. The van der Waals surface area contributed by atoms with Gasteiger partial charge in [0, 0.05) is 6.20 Å². The van der Waals surface area contributed by atoms with Crippen LogP contribution < -0.4 is 20.1 Å². The van der Waals surface area contributed by atoms with E-state index in [1.165, 1.54) is 19.2 Å². The number of ether oxygens (including phenoxy) is 4. The van der Waals surface area contributed by atoms with E-state index in [9.17, 15) is 19.2 Å². The Morgan fingerprint density at radius 3 is 2.20 bits per heavy atom. The van der Waals surface area contributed by atoms with Crippen LogP contribution in [-0.2, 0) is 23.9 Å². The smallest absolute Gasteiger partial charge is 0.328 e. The molecule has 0 bridgehead atoms. The first-order valence-corrected chi connectivity index (χ1v) is 13.0. The normalized spacial score (nSPS) is 12.8. The number of benzene rings is 2. The Hall–Kier alpha value is -4.93. The minimum atomic E-state index is -1.09. The van der Waals surface area contributed by atoms with Gasteiger partial charge in [0.05, 0.1) is 11.6 Å². The lowest BCUT2D eigenvalue weighted by Gasteiger charge is -2.27. The van der Waals surface area contributed by atoms with Gasteiger partial charge in [-0.2, -0.15) is 0 Å². The van der Waals surface area contributed by atoms with E-state index in [0.717, 1.165) is 5.56 Å². The molecule has 0 radical (unpaired) electrons. The number of nitrogens with zero attached hydrogens (tertiary/aromatic N) is 1. The van der Waals surface area contributed by atoms with Gasteiger partial charge < -0.3 is 29.6 Å². The molecule has 0 saturated heterocycles. The Morgan fingerprint density at radius 1 is 0.902 bits per heavy atom. The molecule has 11 nitrogen and oxygen atoms in total. The van der Waals surface area contributed by atoms with Gasteiger partial charge in [0.2, 0.25) is 13.2 Å². The number of amides is 2. The van der Waals surface area contributed by atoms with Gasteiger partial charge in [-0.1, -0.05) is 62.4 Å². The van der Waals surface area contributed by atoms with Crippen molar-refractivity contribution < 1.29 is 38.1 Å². The quantitative estimate of drug-likeness (QED) is 0.169. The van der Waals surface area contributed by atoms with E-state index in [2.05, 4.69) is 15.6 Å². The summed E-state index contributed by atoms with van der Waals surface area (Å²) in [4.78, 5) is 53.0. The SMILES string of the molecule is CC(C)C(=O)OCOc1c(NC=O)ccnc1C(=O)NC(C)C(=O)OC(C)C(Oc1ccccc1)c1ccccc1. The number of hydrogen-bond acceptors (Lipinski definition) is 9. The summed E-state index contributed by atoms with van der Waals surface area (Å²) >= 11 is 0. The number of rotatable bonds is 14. The number of anilines is 1. The van der Waals surface area contributed by atoms with Crippen LogP contribution in [0, 0.1) is 5.92 Å². The van der Waals surface area contributed by atoms with Crippen molar-refractivity contribution in [1.29, 1.82) is 0 Å². The summed E-state index contributed by atoms with van der Waals surface area (Å²) in [5.74, 6) is -1.92. The second-order valence-corrected chi connectivity index (χ2v) is 9.28. The molecule has 2 amide bonds. The van der Waals surface area contributed by atoms with Crippen molar-refractivity contribution in [1.82, 2.24) is 10.3 Å². The van der Waals surface area contributed by atoms with Gasteiger partial charge in [0.1, 0.15) is 17.9 Å². The van der Waals surface area contributed by atoms with Crippen LogP contribution in [0.5, 0.6) is 11.5 Å². The van der Waals surface area contributed by atoms with Crippen LogP contribution in [0.2, 0.25) is 0 Å². The summed E-state index contributed by atoms with van der Waals surface area (Å²) in [6, 6.07) is 18.8. The number of esters is 2. The first-order valence-electron chi connectivity index (χ1n) is 13.0. The fourth-order valence-electron chi connectivity index (χ4n) is 3.64. The van der Waals surface area contributed by atoms with E-state index in [1.54, 1.807) is 32.9 Å². The van der Waals surface area contributed by atoms with E-state index in [-0.39, 0.29) is 17.1 Å². The fourth-order valence-corrected chi connectivity index (χ4v) is 3.64. The Balaban J connectivity index is 1.71. The summed E-state index contributed by atoms with van der Waals surface area (Å²) in [6.45, 7) is 5.95. The number of aromatic nitrogens is 1. The van der Waals surface area contributed by atoms with E-state index in [1.807, 2.05) is 48.5 Å². The summed E-state index contributed by atoms with van der Waals surface area (Å²) in [5.41, 5.74) is 0.685. The molecule has 3 atom stereocenters. The largest absolute Gasteiger partial charge is 0.482 e. The summed E-state index contributed by atoms with van der Waals surface area (Å²) in [5, 5.41) is 4.95. The number of nitrogens with one attached hydrogen (secondary N) is 2. The third-order valence-electron chi connectivity index (χ3n) is 5.77. The standard InChI is InChI=1S/C30H33N3O8/c1-19(2)29(36)39-18-38-27-24(32-17-34)15-16-31-25(27)28(35)33-20(3)30(37)40-21(4)26(22-11-7-5-8-12-22)41-23-13-9-6-10-14-23/h5-17,19-21,26H,18H2,1-4H3,(H,33,35)(H,31,32,34). The Morgan fingerprint density at radius 2 is 1.56 bits per heavy atom. The molecule has 0 aliphatic carbocycles. The molecule has 0 spiro atoms. The Labute approximate surface area is 238 Å². The average Bonchev–Trinajstić information content (AvgIpc) is 2.97. The van der Waals surface area contributed by atoms with E-state index >= 15 is 0 Å². The lowest BCUT2D eigenvalue weighted by atomic mass is 10.0. The molecule has 41 heavy (non-hydrogen) atoms. The first-order chi connectivity index (χ1) is 19.7. The van der Waals surface area contributed by atoms with Crippen molar-refractivity contribution in [3.8, 4) is 11.5 Å². The predicted octanol–water partition coefficient (Wildman–Crippen LogP) is 4.06. The maximum absolute atomic E-state index is 13.1. The number of pyridine rings is 1. The van der Waals surface area contributed by atoms with Gasteiger partial charge in [-0.3, -0.25) is 14.4 Å². The van der Waals surface area contributed by atoms with Gasteiger partial charge >= 0.3 is 11.9 Å². The van der Waals surface area contributed by atoms with Crippen molar-refractivity contribution >= 4 is 29.9 Å². The highest BCUT2D eigenvalue weighted by molar-refractivity contribution is 5.99. The highest BCUT2D eigenvalue weighted by atomic mass is 16.7. The van der Waals surface area contributed by atoms with Crippen LogP contribution >= 0.6 is 0 Å². The molecule has 3 rings (SSSR count). The van der Waals surface area contributed by atoms with Gasteiger partial charge in [0.15, 0.2) is 17.5 Å². The lowest BCUT2D eigenvalue weighted by Crippen LogP contribution is -2.42. The summed E-state index contributed by atoms with van der Waals surface area (Å²) in [6.07, 6.45) is 0.333. The second kappa shape index (κ2) is 15.0. The van der Waals surface area contributed by atoms with Gasteiger partial charge in [-0.15, -0.1) is 0 Å². The van der Waals surface area contributed by atoms with Crippen LogP contribution in [0.15, 0.2) is 72.9 Å². The number of para-hydroxylation sites is 1. The van der Waals surface area contributed by atoms with Crippen molar-refractivity contribution in [2.45, 2.75) is 45.9 Å². The summed E-state index contributed by atoms with van der Waals surface area (Å²) in [7, 11) is 0. The summed E-state index contributed by atoms with van der Waals surface area (Å²) < 4.78 is 22.4. The fraction of sp³-hybridized carbons (Fsp3) is 0.300. The molecular formula is C30H33N3O8. The number of hydrogen-bond donors (Lipinski definition) is 2. The van der Waals surface area contributed by atoms with Crippen LogP contribution in [0.3, 0.4) is 0 Å². The van der Waals surface area contributed by atoms with Crippen LogP contribution in [0.4, 0.5) is 5.69 Å². The zero-order chi connectivity index (χ0) is 29.8. The average molecular weight is 564 g/mol. The zero-order valence-corrected chi connectivity index (χ0v) is 23.2. The molecule has 3 unspecified atom stereocenters. The molecule has 2 aromatic carbocycles. The van der Waals surface area contributed by atoms with Gasteiger partial charge in [0.25, 0.3) is 5.91 Å². The van der Waals surface area contributed by atoms with Gasteiger partial charge in [-0.25, -0.2) is 9.78 Å². The maximum atomic E-state index is 13.1. The van der Waals surface area contributed by atoms with E-state index in [4.69, 9.17) is 18.9 Å². The molecule has 0 fully saturated rings. The minimum Gasteiger partial charge on any atom is -0.482 e. The highest BCUT2D eigenvalue weighted by Gasteiger charge is 2.29. The zero-order valence-electron chi connectivity index (χ0n) is 23.2. The van der Waals surface area contributed by atoms with E-state index in [0.29, 0.717) is 12.2 Å². The van der Waals surface area contributed by atoms with Crippen molar-refractivity contribution in [3.63, 3.8) is 0 Å².